The standard InChI is InChI=1S/C11H14N2O.C9H12N4O.CH4/c1-11(2,3)13-7-5-8-9(14)4-6-12-10(8)13;1-9(2,3)13-5-12-6-7(13)10-4-11-8(6)14;/h5-7H,4H2,1-3H3;4-5H,1-3H3,(H,10,11,14);1H4. The number of fused-ring (bicyclic) bond motifs is 2. The van der Waals surface area contributed by atoms with Gasteiger partial charge in [-0.05, 0) is 47.6 Å². The van der Waals surface area contributed by atoms with Gasteiger partial charge in [-0.2, -0.15) is 0 Å². The van der Waals surface area contributed by atoms with E-state index in [1.165, 1.54) is 6.33 Å². The third-order valence-corrected chi connectivity index (χ3v) is 4.44. The SMILES string of the molecule is C.CC(C)(C)n1ccc2c1N=CCC2=O.CC(C)(C)n1cnc2c(=O)[nH]cnc21. The van der Waals surface area contributed by atoms with Crippen LogP contribution in [-0.4, -0.2) is 36.1 Å². The summed E-state index contributed by atoms with van der Waals surface area (Å²) in [5, 5.41) is 0. The molecule has 0 atom stereocenters. The molecule has 8 heteroatoms. The summed E-state index contributed by atoms with van der Waals surface area (Å²) in [7, 11) is 0. The molecule has 4 heterocycles. The van der Waals surface area contributed by atoms with Crippen molar-refractivity contribution in [1.82, 2.24) is 24.1 Å². The Morgan fingerprint density at radius 1 is 1.00 bits per heavy atom. The van der Waals surface area contributed by atoms with Crippen molar-refractivity contribution < 1.29 is 4.79 Å². The van der Waals surface area contributed by atoms with Gasteiger partial charge < -0.3 is 14.1 Å². The molecule has 29 heavy (non-hydrogen) atoms. The van der Waals surface area contributed by atoms with Crippen LogP contribution in [0.15, 0.2) is 34.7 Å². The molecule has 3 aromatic heterocycles. The minimum Gasteiger partial charge on any atom is -0.327 e. The first-order valence-electron chi connectivity index (χ1n) is 9.19. The van der Waals surface area contributed by atoms with Crippen LogP contribution in [0.1, 0.15) is 65.7 Å². The van der Waals surface area contributed by atoms with E-state index < -0.39 is 0 Å². The molecule has 0 saturated heterocycles. The first-order valence-corrected chi connectivity index (χ1v) is 9.19. The Labute approximate surface area is 170 Å². The van der Waals surface area contributed by atoms with Crippen molar-refractivity contribution in [2.24, 2.45) is 4.99 Å². The van der Waals surface area contributed by atoms with E-state index in [0.717, 1.165) is 11.4 Å². The number of rotatable bonds is 0. The van der Waals surface area contributed by atoms with E-state index >= 15 is 0 Å². The molecule has 4 rings (SSSR count). The number of aromatic amines is 1. The number of hydrogen-bond donors (Lipinski definition) is 1. The fourth-order valence-corrected chi connectivity index (χ4v) is 2.98. The van der Waals surface area contributed by atoms with Gasteiger partial charge in [-0.25, -0.2) is 15.0 Å². The fourth-order valence-electron chi connectivity index (χ4n) is 2.98. The molecule has 0 fully saturated rings. The Morgan fingerprint density at radius 3 is 2.28 bits per heavy atom. The molecule has 0 aromatic carbocycles. The fraction of sp³-hybridized carbons (Fsp3) is 0.476. The van der Waals surface area contributed by atoms with Crippen LogP contribution in [0.25, 0.3) is 11.2 Å². The topological polar surface area (TPSA) is 97.9 Å². The summed E-state index contributed by atoms with van der Waals surface area (Å²) in [6.07, 6.45) is 7.10. The molecule has 0 saturated carbocycles. The Morgan fingerprint density at radius 2 is 1.66 bits per heavy atom. The number of aliphatic imine (C=N–C) groups is 1. The highest BCUT2D eigenvalue weighted by molar-refractivity contribution is 6.09. The molecule has 0 aliphatic carbocycles. The number of imidazole rings is 1. The summed E-state index contributed by atoms with van der Waals surface area (Å²) >= 11 is 0. The molecule has 0 bridgehead atoms. The molecule has 1 aliphatic heterocycles. The van der Waals surface area contributed by atoms with E-state index in [1.54, 1.807) is 12.5 Å². The van der Waals surface area contributed by atoms with Crippen LogP contribution in [0, 0.1) is 0 Å². The van der Waals surface area contributed by atoms with E-state index in [4.69, 9.17) is 0 Å². The minimum absolute atomic E-state index is 0. The van der Waals surface area contributed by atoms with Gasteiger partial charge in [-0.1, -0.05) is 7.43 Å². The number of Topliss-reactive ketones (excluding diaryl/α,β-unsaturated/α-hetero) is 1. The lowest BCUT2D eigenvalue weighted by atomic mass is 10.1. The summed E-state index contributed by atoms with van der Waals surface area (Å²) in [6, 6.07) is 1.86. The van der Waals surface area contributed by atoms with Crippen molar-refractivity contribution in [3.63, 3.8) is 0 Å². The second-order valence-electron chi connectivity index (χ2n) is 8.72. The number of carbonyl (C=O) groups is 1. The number of carbonyl (C=O) groups excluding carboxylic acids is 1. The number of aromatic nitrogens is 5. The number of ketones is 1. The van der Waals surface area contributed by atoms with Crippen LogP contribution in [-0.2, 0) is 11.1 Å². The lowest BCUT2D eigenvalue weighted by Gasteiger charge is -2.23. The quantitative estimate of drug-likeness (QED) is 0.618. The maximum absolute atomic E-state index is 11.5. The second-order valence-corrected chi connectivity index (χ2v) is 8.72. The largest absolute Gasteiger partial charge is 0.327 e. The van der Waals surface area contributed by atoms with Gasteiger partial charge in [0, 0.05) is 29.9 Å². The highest BCUT2D eigenvalue weighted by Gasteiger charge is 2.23. The molecule has 1 N–H and O–H groups in total. The van der Waals surface area contributed by atoms with Crippen molar-refractivity contribution in [3.8, 4) is 0 Å². The lowest BCUT2D eigenvalue weighted by Crippen LogP contribution is -2.21. The summed E-state index contributed by atoms with van der Waals surface area (Å²) in [6.45, 7) is 12.4. The zero-order valence-corrected chi connectivity index (χ0v) is 17.1. The molecule has 0 radical (unpaired) electrons. The van der Waals surface area contributed by atoms with Crippen molar-refractivity contribution in [2.75, 3.05) is 0 Å². The zero-order valence-electron chi connectivity index (χ0n) is 17.1. The Balaban J connectivity index is 0.000000200. The lowest BCUT2D eigenvalue weighted by molar-refractivity contribution is 0.100. The Kier molecular flexibility index (Phi) is 5.96. The summed E-state index contributed by atoms with van der Waals surface area (Å²) in [5.41, 5.74) is 1.43. The maximum Gasteiger partial charge on any atom is 0.278 e. The Bertz CT molecular complexity index is 1100. The van der Waals surface area contributed by atoms with Gasteiger partial charge in [0.05, 0.1) is 18.2 Å². The van der Waals surface area contributed by atoms with Crippen molar-refractivity contribution in [2.45, 2.75) is 66.5 Å². The van der Waals surface area contributed by atoms with Gasteiger partial charge in [-0.15, -0.1) is 0 Å². The van der Waals surface area contributed by atoms with Crippen LogP contribution in [0.3, 0.4) is 0 Å². The number of H-pyrrole nitrogens is 1. The van der Waals surface area contributed by atoms with E-state index in [2.05, 4.69) is 40.7 Å². The number of nitrogens with zero attached hydrogens (tertiary/aromatic N) is 5. The second kappa shape index (κ2) is 7.77. The molecular formula is C21H30N6O2. The number of nitrogens with one attached hydrogen (secondary N) is 1. The predicted molar refractivity (Wildman–Crippen MR) is 116 cm³/mol. The molecule has 0 amide bonds. The Hall–Kier alpha value is -3.03. The molecule has 1 aliphatic rings. The zero-order chi connectivity index (χ0) is 20.7. The number of hydrogen-bond acceptors (Lipinski definition) is 5. The highest BCUT2D eigenvalue weighted by atomic mass is 16.1. The maximum atomic E-state index is 11.5. The first kappa shape index (κ1) is 22.3. The normalized spacial score (nSPS) is 13.5. The monoisotopic (exact) mass is 398 g/mol. The summed E-state index contributed by atoms with van der Waals surface area (Å²) < 4.78 is 3.92. The van der Waals surface area contributed by atoms with Crippen LogP contribution in [0.5, 0.6) is 0 Å². The summed E-state index contributed by atoms with van der Waals surface area (Å²) in [5.74, 6) is 0.965. The van der Waals surface area contributed by atoms with E-state index in [-0.39, 0.29) is 29.8 Å². The van der Waals surface area contributed by atoms with Gasteiger partial charge in [0.25, 0.3) is 5.56 Å². The molecular weight excluding hydrogens is 368 g/mol. The van der Waals surface area contributed by atoms with E-state index in [1.807, 2.05) is 42.2 Å². The molecule has 0 spiro atoms. The van der Waals surface area contributed by atoms with E-state index in [9.17, 15) is 9.59 Å². The van der Waals surface area contributed by atoms with Crippen molar-refractivity contribution in [3.05, 3.63) is 40.8 Å². The van der Waals surface area contributed by atoms with Crippen LogP contribution >= 0.6 is 0 Å². The van der Waals surface area contributed by atoms with Crippen molar-refractivity contribution in [1.29, 1.82) is 0 Å². The van der Waals surface area contributed by atoms with Crippen LogP contribution in [0.4, 0.5) is 5.82 Å². The minimum atomic E-state index is -0.196. The molecule has 0 unspecified atom stereocenters. The van der Waals surface area contributed by atoms with Gasteiger partial charge in [0.1, 0.15) is 5.82 Å². The predicted octanol–water partition coefficient (Wildman–Crippen LogP) is 4.04. The van der Waals surface area contributed by atoms with E-state index in [0.29, 0.717) is 17.6 Å². The van der Waals surface area contributed by atoms with Gasteiger partial charge in [-0.3, -0.25) is 9.59 Å². The smallest absolute Gasteiger partial charge is 0.278 e. The van der Waals surface area contributed by atoms with Crippen LogP contribution < -0.4 is 5.56 Å². The van der Waals surface area contributed by atoms with Crippen LogP contribution in [0.2, 0.25) is 0 Å². The molecule has 156 valence electrons. The average Bonchev–Trinajstić information content (AvgIpc) is 3.19. The molecule has 3 aromatic rings. The van der Waals surface area contributed by atoms with Crippen molar-refractivity contribution >= 4 is 29.0 Å². The third-order valence-electron chi connectivity index (χ3n) is 4.44. The van der Waals surface area contributed by atoms with Gasteiger partial charge >= 0.3 is 0 Å². The first-order chi connectivity index (χ1) is 13.0. The average molecular weight is 399 g/mol. The molecule has 8 nitrogen and oxygen atoms in total. The van der Waals surface area contributed by atoms with Gasteiger partial charge in [0.15, 0.2) is 16.9 Å². The highest BCUT2D eigenvalue weighted by Crippen LogP contribution is 2.30. The summed E-state index contributed by atoms with van der Waals surface area (Å²) in [4.78, 5) is 37.8. The van der Waals surface area contributed by atoms with Gasteiger partial charge in [0.2, 0.25) is 0 Å². The third kappa shape index (κ3) is 4.36.